The van der Waals surface area contributed by atoms with E-state index in [2.05, 4.69) is 12.2 Å². The summed E-state index contributed by atoms with van der Waals surface area (Å²) in [6.07, 6.45) is 3.67. The molecule has 17 heavy (non-hydrogen) atoms. The van der Waals surface area contributed by atoms with E-state index < -0.39 is 11.6 Å². The van der Waals surface area contributed by atoms with Gasteiger partial charge < -0.3 is 5.32 Å². The van der Waals surface area contributed by atoms with Gasteiger partial charge in [0.05, 0.1) is 0 Å². The largest absolute Gasteiger partial charge is 0.314 e. The quantitative estimate of drug-likeness (QED) is 0.853. The minimum absolute atomic E-state index is 0.242. The third-order valence-electron chi connectivity index (χ3n) is 3.63. The lowest BCUT2D eigenvalue weighted by Gasteiger charge is -2.27. The van der Waals surface area contributed by atoms with Gasteiger partial charge in [0.2, 0.25) is 0 Å². The molecule has 1 aliphatic heterocycles. The Balaban J connectivity index is 1.89. The van der Waals surface area contributed by atoms with E-state index in [0.29, 0.717) is 18.4 Å². The molecule has 1 saturated heterocycles. The lowest BCUT2D eigenvalue weighted by atomic mass is 9.90. The Morgan fingerprint density at radius 1 is 1.24 bits per heavy atom. The normalized spacial score (nSPS) is 24.9. The summed E-state index contributed by atoms with van der Waals surface area (Å²) in [6.45, 7) is 3.14. The number of rotatable bonds is 3. The molecule has 94 valence electrons. The van der Waals surface area contributed by atoms with Crippen molar-refractivity contribution in [3.8, 4) is 0 Å². The van der Waals surface area contributed by atoms with Crippen LogP contribution in [-0.4, -0.2) is 12.6 Å². The van der Waals surface area contributed by atoms with Crippen LogP contribution in [0, 0.1) is 17.6 Å². The van der Waals surface area contributed by atoms with Gasteiger partial charge in [-0.25, -0.2) is 8.78 Å². The van der Waals surface area contributed by atoms with Crippen LogP contribution in [-0.2, 0) is 6.42 Å². The average molecular weight is 239 g/mol. The lowest BCUT2D eigenvalue weighted by Crippen LogP contribution is -2.37. The molecule has 0 spiro atoms. The van der Waals surface area contributed by atoms with Crippen LogP contribution in [0.15, 0.2) is 18.2 Å². The van der Waals surface area contributed by atoms with Crippen molar-refractivity contribution in [2.24, 2.45) is 5.92 Å². The standard InChI is InChI=1S/C14H19F2N/c1-10-5-6-11(9-17-10)7-8-12-13(15)3-2-4-14(12)16/h2-4,10-11,17H,5-9H2,1H3. The van der Waals surface area contributed by atoms with E-state index in [1.54, 1.807) is 0 Å². The topological polar surface area (TPSA) is 12.0 Å². The van der Waals surface area contributed by atoms with Gasteiger partial charge in [0.25, 0.3) is 0 Å². The summed E-state index contributed by atoms with van der Waals surface area (Å²) in [5.74, 6) is -0.283. The molecule has 1 N–H and O–H groups in total. The molecular formula is C14H19F2N. The van der Waals surface area contributed by atoms with E-state index in [1.165, 1.54) is 18.2 Å². The number of nitrogens with one attached hydrogen (secondary N) is 1. The molecule has 1 aromatic carbocycles. The van der Waals surface area contributed by atoms with Gasteiger partial charge in [-0.05, 0) is 57.2 Å². The summed E-state index contributed by atoms with van der Waals surface area (Å²) in [4.78, 5) is 0. The van der Waals surface area contributed by atoms with Gasteiger partial charge in [0, 0.05) is 11.6 Å². The Morgan fingerprint density at radius 3 is 2.53 bits per heavy atom. The highest BCUT2D eigenvalue weighted by molar-refractivity contribution is 5.19. The molecule has 3 heteroatoms. The van der Waals surface area contributed by atoms with Gasteiger partial charge in [0.1, 0.15) is 11.6 Å². The SMILES string of the molecule is CC1CCC(CCc2c(F)cccc2F)CN1. The number of halogens is 2. The molecule has 2 unspecified atom stereocenters. The summed E-state index contributed by atoms with van der Waals surface area (Å²) in [6, 6.07) is 4.66. The van der Waals surface area contributed by atoms with Crippen molar-refractivity contribution < 1.29 is 8.78 Å². The molecule has 0 bridgehead atoms. The highest BCUT2D eigenvalue weighted by Crippen LogP contribution is 2.21. The number of benzene rings is 1. The fraction of sp³-hybridized carbons (Fsp3) is 0.571. The highest BCUT2D eigenvalue weighted by atomic mass is 19.1. The van der Waals surface area contributed by atoms with E-state index in [1.807, 2.05) is 0 Å². The third kappa shape index (κ3) is 3.25. The molecule has 1 heterocycles. The van der Waals surface area contributed by atoms with Crippen molar-refractivity contribution >= 4 is 0 Å². The first-order valence-electron chi connectivity index (χ1n) is 6.33. The van der Waals surface area contributed by atoms with Crippen molar-refractivity contribution in [1.29, 1.82) is 0 Å². The molecule has 2 atom stereocenters. The maximum Gasteiger partial charge on any atom is 0.129 e. The van der Waals surface area contributed by atoms with Gasteiger partial charge in [-0.15, -0.1) is 0 Å². The van der Waals surface area contributed by atoms with Gasteiger partial charge in [-0.3, -0.25) is 0 Å². The van der Waals surface area contributed by atoms with E-state index in [-0.39, 0.29) is 5.56 Å². The van der Waals surface area contributed by atoms with Crippen LogP contribution in [0.1, 0.15) is 31.7 Å². The predicted molar refractivity (Wildman–Crippen MR) is 64.9 cm³/mol. The molecule has 2 rings (SSSR count). The second-order valence-electron chi connectivity index (χ2n) is 4.99. The Kier molecular flexibility index (Phi) is 4.11. The summed E-state index contributed by atoms with van der Waals surface area (Å²) in [5, 5.41) is 3.41. The van der Waals surface area contributed by atoms with Crippen LogP contribution in [0.5, 0.6) is 0 Å². The fourth-order valence-electron chi connectivity index (χ4n) is 2.42. The minimum atomic E-state index is -0.415. The van der Waals surface area contributed by atoms with E-state index >= 15 is 0 Å². The first-order valence-corrected chi connectivity index (χ1v) is 6.33. The Bertz CT molecular complexity index is 350. The molecule has 1 aromatic rings. The fourth-order valence-corrected chi connectivity index (χ4v) is 2.42. The summed E-state index contributed by atoms with van der Waals surface area (Å²) in [5.41, 5.74) is 0.242. The highest BCUT2D eigenvalue weighted by Gasteiger charge is 2.18. The van der Waals surface area contributed by atoms with Crippen molar-refractivity contribution in [3.63, 3.8) is 0 Å². The zero-order chi connectivity index (χ0) is 12.3. The third-order valence-corrected chi connectivity index (χ3v) is 3.63. The number of hydrogen-bond acceptors (Lipinski definition) is 1. The zero-order valence-electron chi connectivity index (χ0n) is 10.2. The van der Waals surface area contributed by atoms with E-state index in [0.717, 1.165) is 25.8 Å². The lowest BCUT2D eigenvalue weighted by molar-refractivity contribution is 0.307. The molecule has 0 aromatic heterocycles. The first kappa shape index (κ1) is 12.5. The minimum Gasteiger partial charge on any atom is -0.314 e. The Hall–Kier alpha value is -0.960. The van der Waals surface area contributed by atoms with E-state index in [9.17, 15) is 8.78 Å². The van der Waals surface area contributed by atoms with Crippen molar-refractivity contribution in [2.75, 3.05) is 6.54 Å². The molecule has 1 fully saturated rings. The maximum absolute atomic E-state index is 13.4. The molecule has 0 aliphatic carbocycles. The summed E-state index contributed by atoms with van der Waals surface area (Å²) in [7, 11) is 0. The van der Waals surface area contributed by atoms with Gasteiger partial charge in [-0.2, -0.15) is 0 Å². The summed E-state index contributed by atoms with van der Waals surface area (Å²) >= 11 is 0. The van der Waals surface area contributed by atoms with Crippen LogP contribution < -0.4 is 5.32 Å². The second kappa shape index (κ2) is 5.58. The van der Waals surface area contributed by atoms with Gasteiger partial charge in [0.15, 0.2) is 0 Å². The molecule has 1 aliphatic rings. The van der Waals surface area contributed by atoms with Crippen molar-refractivity contribution in [2.45, 2.75) is 38.6 Å². The van der Waals surface area contributed by atoms with Crippen LogP contribution in [0.3, 0.4) is 0 Å². The van der Waals surface area contributed by atoms with E-state index in [4.69, 9.17) is 0 Å². The van der Waals surface area contributed by atoms with Gasteiger partial charge in [-0.1, -0.05) is 6.07 Å². The first-order chi connectivity index (χ1) is 8.16. The average Bonchev–Trinajstić information content (AvgIpc) is 2.31. The molecule has 0 radical (unpaired) electrons. The van der Waals surface area contributed by atoms with Crippen molar-refractivity contribution in [1.82, 2.24) is 5.32 Å². The summed E-state index contributed by atoms with van der Waals surface area (Å²) < 4.78 is 26.8. The van der Waals surface area contributed by atoms with Gasteiger partial charge >= 0.3 is 0 Å². The second-order valence-corrected chi connectivity index (χ2v) is 4.99. The molecule has 0 amide bonds. The Morgan fingerprint density at radius 2 is 1.94 bits per heavy atom. The molecular weight excluding hydrogens is 220 g/mol. The van der Waals surface area contributed by atoms with Crippen LogP contribution in [0.25, 0.3) is 0 Å². The molecule has 0 saturated carbocycles. The monoisotopic (exact) mass is 239 g/mol. The Labute approximate surface area is 101 Å². The maximum atomic E-state index is 13.4. The van der Waals surface area contributed by atoms with Crippen LogP contribution in [0.4, 0.5) is 8.78 Å². The van der Waals surface area contributed by atoms with Crippen molar-refractivity contribution in [3.05, 3.63) is 35.4 Å². The molecule has 1 nitrogen and oxygen atoms in total. The smallest absolute Gasteiger partial charge is 0.129 e. The number of piperidine rings is 1. The number of hydrogen-bond donors (Lipinski definition) is 1. The zero-order valence-corrected chi connectivity index (χ0v) is 10.2. The van der Waals surface area contributed by atoms with Crippen LogP contribution >= 0.6 is 0 Å². The van der Waals surface area contributed by atoms with Crippen LogP contribution in [0.2, 0.25) is 0 Å². The predicted octanol–water partition coefficient (Wildman–Crippen LogP) is 3.29.